The number of aryl methyl sites for hydroxylation is 2. The Morgan fingerprint density at radius 2 is 1.93 bits per heavy atom. The molecule has 0 spiro atoms. The third-order valence-corrected chi connectivity index (χ3v) is 10.4. The lowest BCUT2D eigenvalue weighted by molar-refractivity contribution is -0.124. The average Bonchev–Trinajstić information content (AvgIpc) is 3.45. The maximum Gasteiger partial charge on any atom is 0.264 e. The molecule has 0 radical (unpaired) electrons. The summed E-state index contributed by atoms with van der Waals surface area (Å²) < 4.78 is 36.5. The Morgan fingerprint density at radius 1 is 1.12 bits per heavy atom. The lowest BCUT2D eigenvalue weighted by Crippen LogP contribution is -2.50. The zero-order valence-corrected chi connectivity index (χ0v) is 25.2. The number of carbonyl (C=O) groups is 1. The number of hydrogen-bond donors (Lipinski definition) is 1. The minimum atomic E-state index is -3.96. The van der Waals surface area contributed by atoms with E-state index in [1.165, 1.54) is 23.5 Å². The predicted octanol–water partition coefficient (Wildman–Crippen LogP) is 3.57. The molecule has 1 aromatic heterocycles. The Morgan fingerprint density at radius 3 is 2.74 bits per heavy atom. The van der Waals surface area contributed by atoms with Gasteiger partial charge in [-0.3, -0.25) is 14.0 Å². The van der Waals surface area contributed by atoms with Crippen LogP contribution in [0.1, 0.15) is 67.1 Å². The van der Waals surface area contributed by atoms with Crippen LogP contribution in [-0.2, 0) is 40.6 Å². The molecule has 2 aromatic carbocycles. The molecule has 0 bridgehead atoms. The van der Waals surface area contributed by atoms with Gasteiger partial charge in [-0.25, -0.2) is 13.1 Å². The molecule has 1 aliphatic carbocycles. The maximum absolute atomic E-state index is 13.8. The van der Waals surface area contributed by atoms with Crippen molar-refractivity contribution in [2.75, 3.05) is 13.7 Å². The van der Waals surface area contributed by atoms with E-state index in [2.05, 4.69) is 59.6 Å². The summed E-state index contributed by atoms with van der Waals surface area (Å²) in [5.41, 5.74) is 5.03. The number of carbonyl (C=O) groups excluding carboxylic acids is 1. The number of nitrogens with zero attached hydrogens (tertiary/aromatic N) is 5. The summed E-state index contributed by atoms with van der Waals surface area (Å²) in [4.78, 5) is 15.5. The zero-order valence-electron chi connectivity index (χ0n) is 24.4. The van der Waals surface area contributed by atoms with Crippen LogP contribution in [0.15, 0.2) is 59.9 Å². The smallest absolute Gasteiger partial charge is 0.264 e. The van der Waals surface area contributed by atoms with E-state index in [0.717, 1.165) is 59.8 Å². The zero-order chi connectivity index (χ0) is 29.4. The van der Waals surface area contributed by atoms with Crippen molar-refractivity contribution in [3.63, 3.8) is 0 Å². The van der Waals surface area contributed by atoms with Gasteiger partial charge in [0.25, 0.3) is 10.0 Å². The van der Waals surface area contributed by atoms with Gasteiger partial charge >= 0.3 is 0 Å². The molecule has 0 fully saturated rings. The quantitative estimate of drug-likeness (QED) is 0.427. The number of nitrogens with one attached hydrogen (secondary N) is 1. The first-order chi connectivity index (χ1) is 20.2. The molecule has 2 atom stereocenters. The highest BCUT2D eigenvalue weighted by Crippen LogP contribution is 2.35. The molecule has 6 rings (SSSR count). The van der Waals surface area contributed by atoms with Gasteiger partial charge in [0.05, 0.1) is 23.2 Å². The van der Waals surface area contributed by atoms with Gasteiger partial charge < -0.3 is 10.1 Å². The molecule has 1 amide bonds. The normalized spacial score (nSPS) is 20.3. The summed E-state index contributed by atoms with van der Waals surface area (Å²) >= 11 is 0. The first-order valence-corrected chi connectivity index (χ1v) is 16.1. The monoisotopic (exact) mass is 590 g/mol. The van der Waals surface area contributed by atoms with E-state index < -0.39 is 22.0 Å². The fourth-order valence-electron chi connectivity index (χ4n) is 5.95. The highest BCUT2D eigenvalue weighted by Gasteiger charge is 2.37. The number of sulfonamides is 1. The van der Waals surface area contributed by atoms with Gasteiger partial charge in [-0.05, 0) is 81.5 Å². The van der Waals surface area contributed by atoms with Crippen LogP contribution < -0.4 is 10.1 Å². The summed E-state index contributed by atoms with van der Waals surface area (Å²) in [6, 6.07) is 11.0. The third kappa shape index (κ3) is 5.55. The Labute approximate surface area is 247 Å². The van der Waals surface area contributed by atoms with Crippen LogP contribution in [0.3, 0.4) is 0 Å². The van der Waals surface area contributed by atoms with Crippen LogP contribution in [0.2, 0.25) is 0 Å². The number of rotatable bonds is 8. The van der Waals surface area contributed by atoms with Gasteiger partial charge in [-0.1, -0.05) is 23.4 Å². The van der Waals surface area contributed by atoms with E-state index in [1.54, 1.807) is 16.8 Å². The van der Waals surface area contributed by atoms with Crippen molar-refractivity contribution >= 4 is 15.9 Å². The van der Waals surface area contributed by atoms with Crippen LogP contribution in [0.25, 0.3) is 0 Å². The molecule has 10 nitrogen and oxygen atoms in total. The van der Waals surface area contributed by atoms with Crippen molar-refractivity contribution in [3.05, 3.63) is 82.9 Å². The molecule has 11 heteroatoms. The predicted molar refractivity (Wildman–Crippen MR) is 158 cm³/mol. The lowest BCUT2D eigenvalue weighted by Gasteiger charge is -2.31. The molecular formula is C31H38N6O4S. The number of ether oxygens (including phenoxy) is 1. The highest BCUT2D eigenvalue weighted by molar-refractivity contribution is 7.89. The average molecular weight is 591 g/mol. The Kier molecular flexibility index (Phi) is 7.80. The number of aromatic nitrogens is 3. The van der Waals surface area contributed by atoms with Crippen LogP contribution in [-0.4, -0.2) is 64.3 Å². The van der Waals surface area contributed by atoms with Crippen molar-refractivity contribution in [3.8, 4) is 5.75 Å². The molecule has 2 unspecified atom stereocenters. The molecule has 2 aliphatic heterocycles. The van der Waals surface area contributed by atoms with Gasteiger partial charge in [0.2, 0.25) is 5.91 Å². The number of benzene rings is 2. The maximum atomic E-state index is 13.8. The fraction of sp³-hybridized carbons (Fsp3) is 0.452. The molecule has 1 N–H and O–H groups in total. The van der Waals surface area contributed by atoms with Crippen molar-refractivity contribution in [2.45, 2.75) is 81.9 Å². The first kappa shape index (κ1) is 28.4. The Hall–Kier alpha value is -3.70. The van der Waals surface area contributed by atoms with E-state index in [0.29, 0.717) is 18.3 Å². The van der Waals surface area contributed by atoms with Crippen LogP contribution in [0, 0.1) is 0 Å². The van der Waals surface area contributed by atoms with Gasteiger partial charge in [0.1, 0.15) is 11.8 Å². The second-order valence-corrected chi connectivity index (χ2v) is 13.6. The van der Waals surface area contributed by atoms with Crippen molar-refractivity contribution in [1.29, 1.82) is 0 Å². The van der Waals surface area contributed by atoms with Gasteiger partial charge in [0.15, 0.2) is 0 Å². The fourth-order valence-corrected chi connectivity index (χ4v) is 7.45. The SMILES string of the molecule is CC(C)N(C)Cc1ccc2c(c1)OCCC2n1cc(CC2C(=O)NC=CN2S(=O)(=O)c2ccc3c(c2)CCCC3)nn1. The minimum absolute atomic E-state index is 0.0673. The van der Waals surface area contributed by atoms with Crippen LogP contribution in [0.5, 0.6) is 5.75 Å². The van der Waals surface area contributed by atoms with Crippen molar-refractivity contribution in [1.82, 2.24) is 29.5 Å². The van der Waals surface area contributed by atoms with Gasteiger partial charge in [0, 0.05) is 49.6 Å². The molecular weight excluding hydrogens is 552 g/mol. The van der Waals surface area contributed by atoms with Gasteiger partial charge in [-0.15, -0.1) is 5.10 Å². The van der Waals surface area contributed by atoms with Gasteiger partial charge in [-0.2, -0.15) is 0 Å². The topological polar surface area (TPSA) is 110 Å². The van der Waals surface area contributed by atoms with Crippen molar-refractivity contribution in [2.24, 2.45) is 0 Å². The largest absolute Gasteiger partial charge is 0.493 e. The molecule has 0 saturated carbocycles. The molecule has 42 heavy (non-hydrogen) atoms. The second kappa shape index (κ2) is 11.5. The summed E-state index contributed by atoms with van der Waals surface area (Å²) in [7, 11) is -1.86. The first-order valence-electron chi connectivity index (χ1n) is 14.7. The van der Waals surface area contributed by atoms with E-state index in [4.69, 9.17) is 4.74 Å². The summed E-state index contributed by atoms with van der Waals surface area (Å²) in [5.74, 6) is 0.445. The summed E-state index contributed by atoms with van der Waals surface area (Å²) in [6.07, 6.45) is 9.44. The van der Waals surface area contributed by atoms with E-state index in [9.17, 15) is 13.2 Å². The van der Waals surface area contributed by atoms with E-state index in [-0.39, 0.29) is 17.4 Å². The Bertz CT molecular complexity index is 1620. The standard InChI is InChI=1S/C31H38N6O4S/c1-21(2)35(3)19-22-8-11-27-28(12-15-41-30(27)16-22)36-20-25(33-34-36)18-29-31(38)32-13-14-37(29)42(39,40)26-10-9-23-6-4-5-7-24(23)17-26/h8-11,13-14,16-17,20-21,28-29H,4-7,12,15,18-19H2,1-3H3,(H,32,38). The van der Waals surface area contributed by atoms with E-state index >= 15 is 0 Å². The minimum Gasteiger partial charge on any atom is -0.493 e. The summed E-state index contributed by atoms with van der Waals surface area (Å²) in [6.45, 7) is 5.72. The third-order valence-electron chi connectivity index (χ3n) is 8.63. The molecule has 3 aromatic rings. The Balaban J connectivity index is 1.22. The molecule has 0 saturated heterocycles. The molecule has 222 valence electrons. The second-order valence-electron chi connectivity index (χ2n) is 11.7. The number of hydrogen-bond acceptors (Lipinski definition) is 7. The highest BCUT2D eigenvalue weighted by atomic mass is 32.2. The number of amides is 1. The lowest BCUT2D eigenvalue weighted by atomic mass is 9.92. The van der Waals surface area contributed by atoms with Crippen LogP contribution in [0.4, 0.5) is 0 Å². The van der Waals surface area contributed by atoms with E-state index in [1.807, 2.05) is 12.3 Å². The molecule has 3 aliphatic rings. The summed E-state index contributed by atoms with van der Waals surface area (Å²) in [5, 5.41) is 11.4. The number of fused-ring (bicyclic) bond motifs is 2. The van der Waals surface area contributed by atoms with Crippen LogP contribution >= 0.6 is 0 Å². The molecule has 3 heterocycles. The van der Waals surface area contributed by atoms with Crippen molar-refractivity contribution < 1.29 is 17.9 Å².